The highest BCUT2D eigenvalue weighted by atomic mass is 16.6. The number of Topliss-reactive ketones (excluding diaryl/α,β-unsaturated/α-hetero) is 1. The van der Waals surface area contributed by atoms with E-state index >= 15 is 0 Å². The number of hydrogen-bond donors (Lipinski definition) is 0. The lowest BCUT2D eigenvalue weighted by molar-refractivity contribution is 0.0205. The molecule has 1 amide bonds. The topological polar surface area (TPSA) is 46.6 Å². The van der Waals surface area contributed by atoms with Gasteiger partial charge in [0.15, 0.2) is 6.10 Å². The minimum Gasteiger partial charge on any atom is -0.433 e. The van der Waals surface area contributed by atoms with E-state index in [-0.39, 0.29) is 24.0 Å². The molecule has 2 fully saturated rings. The van der Waals surface area contributed by atoms with E-state index in [0.717, 1.165) is 56.9 Å². The number of amides is 1. The number of nitrogens with zero attached hydrogens (tertiary/aromatic N) is 1. The van der Waals surface area contributed by atoms with Crippen molar-refractivity contribution in [1.29, 1.82) is 0 Å². The Morgan fingerprint density at radius 3 is 1.71 bits per heavy atom. The molecule has 0 aromatic heterocycles. The van der Waals surface area contributed by atoms with Crippen molar-refractivity contribution in [3.05, 3.63) is 71.8 Å². The maximum Gasteiger partial charge on any atom is 0.411 e. The summed E-state index contributed by atoms with van der Waals surface area (Å²) < 4.78 is 6.06. The second kappa shape index (κ2) is 10.6. The third-order valence-corrected chi connectivity index (χ3v) is 6.76. The average molecular weight is 420 g/mol. The smallest absolute Gasteiger partial charge is 0.411 e. The molecule has 1 unspecified atom stereocenters. The summed E-state index contributed by atoms with van der Waals surface area (Å²) in [5.74, 6) is -0.174. The number of hydrogen-bond acceptors (Lipinski definition) is 3. The Bertz CT molecular complexity index is 821. The van der Waals surface area contributed by atoms with Crippen molar-refractivity contribution >= 4 is 11.9 Å². The molecule has 4 rings (SSSR count). The van der Waals surface area contributed by atoms with Crippen LogP contribution in [-0.2, 0) is 4.74 Å². The third kappa shape index (κ3) is 5.36. The van der Waals surface area contributed by atoms with E-state index in [1.165, 1.54) is 12.8 Å². The van der Waals surface area contributed by atoms with Crippen LogP contribution in [0, 0.1) is 0 Å². The molecule has 0 bridgehead atoms. The van der Waals surface area contributed by atoms with Gasteiger partial charge in [-0.2, -0.15) is 0 Å². The lowest BCUT2D eigenvalue weighted by atomic mass is 9.89. The molecule has 0 saturated heterocycles. The molecule has 4 nitrogen and oxygen atoms in total. The largest absolute Gasteiger partial charge is 0.433 e. The lowest BCUT2D eigenvalue weighted by Gasteiger charge is -2.41. The first-order valence-electron chi connectivity index (χ1n) is 11.9. The first-order valence-corrected chi connectivity index (χ1v) is 11.9. The van der Waals surface area contributed by atoms with Gasteiger partial charge in [0.2, 0.25) is 5.78 Å². The van der Waals surface area contributed by atoms with Crippen LogP contribution < -0.4 is 0 Å². The van der Waals surface area contributed by atoms with Crippen LogP contribution in [-0.4, -0.2) is 28.9 Å². The van der Waals surface area contributed by atoms with Gasteiger partial charge in [0.1, 0.15) is 0 Å². The predicted octanol–water partition coefficient (Wildman–Crippen LogP) is 6.71. The number of rotatable bonds is 6. The van der Waals surface area contributed by atoms with Crippen molar-refractivity contribution in [3.63, 3.8) is 0 Å². The Hall–Kier alpha value is -2.62. The second-order valence-corrected chi connectivity index (χ2v) is 8.90. The number of ether oxygens (including phenoxy) is 1. The molecule has 0 N–H and O–H groups in total. The molecule has 1 atom stereocenters. The van der Waals surface area contributed by atoms with Crippen molar-refractivity contribution in [2.24, 2.45) is 0 Å². The fourth-order valence-electron chi connectivity index (χ4n) is 5.13. The van der Waals surface area contributed by atoms with Gasteiger partial charge in [-0.3, -0.25) is 4.79 Å². The minimum absolute atomic E-state index is 0.174. The maximum atomic E-state index is 13.6. The van der Waals surface area contributed by atoms with Crippen LogP contribution in [0.4, 0.5) is 4.79 Å². The normalized spacial score (nSPS) is 18.8. The summed E-state index contributed by atoms with van der Waals surface area (Å²) in [6.07, 6.45) is 10.0. The van der Waals surface area contributed by atoms with E-state index in [0.29, 0.717) is 5.56 Å². The molecular formula is C27H33NO3. The molecule has 2 aromatic carbocycles. The van der Waals surface area contributed by atoms with E-state index in [1.54, 1.807) is 12.1 Å². The summed E-state index contributed by atoms with van der Waals surface area (Å²) in [6.45, 7) is 0. The van der Waals surface area contributed by atoms with Gasteiger partial charge in [0.25, 0.3) is 0 Å². The quantitative estimate of drug-likeness (QED) is 0.489. The Kier molecular flexibility index (Phi) is 7.39. The van der Waals surface area contributed by atoms with Gasteiger partial charge in [-0.1, -0.05) is 99.2 Å². The highest BCUT2D eigenvalue weighted by Gasteiger charge is 2.36. The summed E-state index contributed by atoms with van der Waals surface area (Å²) in [4.78, 5) is 29.0. The van der Waals surface area contributed by atoms with Crippen molar-refractivity contribution < 1.29 is 14.3 Å². The third-order valence-electron chi connectivity index (χ3n) is 6.76. The van der Waals surface area contributed by atoms with Crippen LogP contribution >= 0.6 is 0 Å². The first kappa shape index (κ1) is 21.6. The summed E-state index contributed by atoms with van der Waals surface area (Å²) in [5.41, 5.74) is 1.28. The fourth-order valence-corrected chi connectivity index (χ4v) is 5.13. The predicted molar refractivity (Wildman–Crippen MR) is 122 cm³/mol. The number of ketones is 1. The summed E-state index contributed by atoms with van der Waals surface area (Å²) in [5, 5.41) is 0. The van der Waals surface area contributed by atoms with Crippen molar-refractivity contribution in [3.8, 4) is 0 Å². The van der Waals surface area contributed by atoms with Gasteiger partial charge in [0.05, 0.1) is 0 Å². The van der Waals surface area contributed by atoms with Gasteiger partial charge in [-0.05, 0) is 25.7 Å². The molecule has 4 heteroatoms. The standard InChI is InChI=1S/C27H33NO3/c29-25(21-13-5-1-6-14-21)26(22-15-7-2-8-16-22)31-27(30)28(23-17-9-3-10-18-23)24-19-11-4-12-20-24/h1-2,5-8,13-16,23-24,26H,3-4,9-12,17-20H2. The Labute approximate surface area is 185 Å². The van der Waals surface area contributed by atoms with Gasteiger partial charge in [-0.25, -0.2) is 4.79 Å². The monoisotopic (exact) mass is 419 g/mol. The SMILES string of the molecule is O=C(c1ccccc1)C(OC(=O)N(C1CCCCC1)C1CCCCC1)c1ccccc1. The van der Waals surface area contributed by atoms with E-state index < -0.39 is 6.10 Å². The van der Waals surface area contributed by atoms with Gasteiger partial charge in [0, 0.05) is 23.2 Å². The first-order chi connectivity index (χ1) is 15.2. The molecule has 2 saturated carbocycles. The molecule has 0 heterocycles. The maximum absolute atomic E-state index is 13.6. The lowest BCUT2D eigenvalue weighted by Crippen LogP contribution is -2.49. The highest BCUT2D eigenvalue weighted by Crippen LogP contribution is 2.32. The van der Waals surface area contributed by atoms with E-state index in [9.17, 15) is 9.59 Å². The zero-order valence-electron chi connectivity index (χ0n) is 18.2. The van der Waals surface area contributed by atoms with Crippen LogP contribution in [0.25, 0.3) is 0 Å². The number of carbonyl (C=O) groups excluding carboxylic acids is 2. The van der Waals surface area contributed by atoms with Crippen molar-refractivity contribution in [2.75, 3.05) is 0 Å². The molecule has 0 radical (unpaired) electrons. The van der Waals surface area contributed by atoms with E-state index in [1.807, 2.05) is 53.4 Å². The highest BCUT2D eigenvalue weighted by molar-refractivity contribution is 6.00. The van der Waals surface area contributed by atoms with Crippen LogP contribution in [0.5, 0.6) is 0 Å². The van der Waals surface area contributed by atoms with E-state index in [2.05, 4.69) is 0 Å². The van der Waals surface area contributed by atoms with Gasteiger partial charge < -0.3 is 9.64 Å². The number of benzene rings is 2. The zero-order chi connectivity index (χ0) is 21.5. The zero-order valence-corrected chi connectivity index (χ0v) is 18.2. The molecule has 0 spiro atoms. The van der Waals surface area contributed by atoms with E-state index in [4.69, 9.17) is 4.74 Å². The van der Waals surface area contributed by atoms with Crippen LogP contribution in [0.2, 0.25) is 0 Å². The molecule has 2 aliphatic carbocycles. The number of carbonyl (C=O) groups is 2. The van der Waals surface area contributed by atoms with Gasteiger partial charge in [-0.15, -0.1) is 0 Å². The summed E-state index contributed by atoms with van der Waals surface area (Å²) in [6, 6.07) is 19.0. The molecular weight excluding hydrogens is 386 g/mol. The van der Waals surface area contributed by atoms with Crippen molar-refractivity contribution in [2.45, 2.75) is 82.4 Å². The Morgan fingerprint density at radius 1 is 0.710 bits per heavy atom. The van der Waals surface area contributed by atoms with Crippen molar-refractivity contribution in [1.82, 2.24) is 4.90 Å². The van der Waals surface area contributed by atoms with Crippen LogP contribution in [0.3, 0.4) is 0 Å². The van der Waals surface area contributed by atoms with Gasteiger partial charge >= 0.3 is 6.09 Å². The Morgan fingerprint density at radius 2 is 1.19 bits per heavy atom. The Balaban J connectivity index is 1.60. The summed E-state index contributed by atoms with van der Waals surface area (Å²) >= 11 is 0. The minimum atomic E-state index is -0.925. The molecule has 31 heavy (non-hydrogen) atoms. The van der Waals surface area contributed by atoms with Crippen LogP contribution in [0.1, 0.15) is 86.2 Å². The molecule has 164 valence electrons. The molecule has 0 aliphatic heterocycles. The second-order valence-electron chi connectivity index (χ2n) is 8.90. The molecule has 2 aliphatic rings. The molecule has 2 aromatic rings. The van der Waals surface area contributed by atoms with Crippen LogP contribution in [0.15, 0.2) is 60.7 Å². The fraction of sp³-hybridized carbons (Fsp3) is 0.481. The average Bonchev–Trinajstić information content (AvgIpc) is 2.85. The summed E-state index contributed by atoms with van der Waals surface area (Å²) in [7, 11) is 0.